The molecule has 1 aromatic heterocycles. The molecule has 3 rings (SSSR count). The Morgan fingerprint density at radius 3 is 2.81 bits per heavy atom. The van der Waals surface area contributed by atoms with E-state index in [1.165, 1.54) is 17.7 Å². The third kappa shape index (κ3) is 4.30. The highest BCUT2D eigenvalue weighted by atomic mass is 15.0. The molecule has 2 heterocycles. The standard InChI is InChI=1S/C18H23N3/c1-2-5-15(6-3-1)10-12-20-18-8-4-7-17(21-18)13-16-9-11-19-14-16/h1-8,16,19H,9-14H2,(H,20,21)/t16-/m0/s1. The number of nitrogens with zero attached hydrogens (tertiary/aromatic N) is 1. The van der Waals surface area contributed by atoms with Crippen LogP contribution in [0.2, 0.25) is 0 Å². The van der Waals surface area contributed by atoms with Crippen LogP contribution in [0.25, 0.3) is 0 Å². The molecule has 0 radical (unpaired) electrons. The lowest BCUT2D eigenvalue weighted by molar-refractivity contribution is 0.572. The van der Waals surface area contributed by atoms with E-state index in [-0.39, 0.29) is 0 Å². The summed E-state index contributed by atoms with van der Waals surface area (Å²) in [6, 6.07) is 16.9. The Hall–Kier alpha value is -1.87. The predicted octanol–water partition coefficient (Wildman–Crippen LogP) is 2.89. The summed E-state index contributed by atoms with van der Waals surface area (Å²) in [7, 11) is 0. The number of benzene rings is 1. The molecule has 0 bridgehead atoms. The topological polar surface area (TPSA) is 37.0 Å². The zero-order valence-electron chi connectivity index (χ0n) is 12.4. The molecule has 1 aliphatic heterocycles. The number of nitrogens with one attached hydrogen (secondary N) is 2. The highest BCUT2D eigenvalue weighted by Crippen LogP contribution is 2.15. The van der Waals surface area contributed by atoms with Gasteiger partial charge >= 0.3 is 0 Å². The molecule has 2 N–H and O–H groups in total. The first kappa shape index (κ1) is 14.1. The van der Waals surface area contributed by atoms with E-state index in [9.17, 15) is 0 Å². The number of rotatable bonds is 6. The first-order chi connectivity index (χ1) is 10.4. The van der Waals surface area contributed by atoms with E-state index in [1.807, 2.05) is 0 Å². The van der Waals surface area contributed by atoms with Crippen LogP contribution in [0, 0.1) is 5.92 Å². The highest BCUT2D eigenvalue weighted by Gasteiger charge is 2.15. The Morgan fingerprint density at radius 2 is 2.00 bits per heavy atom. The third-order valence-corrected chi connectivity index (χ3v) is 4.03. The molecule has 1 aliphatic rings. The van der Waals surface area contributed by atoms with E-state index >= 15 is 0 Å². The van der Waals surface area contributed by atoms with Crippen LogP contribution in [0.1, 0.15) is 17.7 Å². The molecular weight excluding hydrogens is 258 g/mol. The Labute approximate surface area is 126 Å². The second kappa shape index (κ2) is 7.23. The molecule has 1 aromatic carbocycles. The van der Waals surface area contributed by atoms with Crippen molar-refractivity contribution in [2.24, 2.45) is 5.92 Å². The number of anilines is 1. The fourth-order valence-corrected chi connectivity index (χ4v) is 2.86. The predicted molar refractivity (Wildman–Crippen MR) is 87.6 cm³/mol. The first-order valence-electron chi connectivity index (χ1n) is 7.84. The average molecular weight is 281 g/mol. The minimum Gasteiger partial charge on any atom is -0.370 e. The molecule has 21 heavy (non-hydrogen) atoms. The number of aromatic nitrogens is 1. The van der Waals surface area contributed by atoms with Crippen LogP contribution in [-0.2, 0) is 12.8 Å². The molecule has 0 saturated carbocycles. The zero-order chi connectivity index (χ0) is 14.3. The monoisotopic (exact) mass is 281 g/mol. The summed E-state index contributed by atoms with van der Waals surface area (Å²) in [5, 5.41) is 6.85. The summed E-state index contributed by atoms with van der Waals surface area (Å²) in [6.45, 7) is 3.21. The molecule has 0 spiro atoms. The van der Waals surface area contributed by atoms with Crippen molar-refractivity contribution in [1.82, 2.24) is 10.3 Å². The van der Waals surface area contributed by atoms with Crippen LogP contribution in [0.4, 0.5) is 5.82 Å². The van der Waals surface area contributed by atoms with Crippen molar-refractivity contribution in [1.29, 1.82) is 0 Å². The lowest BCUT2D eigenvalue weighted by Gasteiger charge is -2.10. The summed E-state index contributed by atoms with van der Waals surface area (Å²) >= 11 is 0. The van der Waals surface area contributed by atoms with E-state index in [0.29, 0.717) is 0 Å². The van der Waals surface area contributed by atoms with Crippen molar-refractivity contribution < 1.29 is 0 Å². The van der Waals surface area contributed by atoms with Crippen LogP contribution < -0.4 is 10.6 Å². The SMILES string of the molecule is c1ccc(CCNc2cccc(C[C@@H]3CCNC3)n2)cc1. The summed E-state index contributed by atoms with van der Waals surface area (Å²) < 4.78 is 0. The third-order valence-electron chi connectivity index (χ3n) is 4.03. The summed E-state index contributed by atoms with van der Waals surface area (Å²) in [6.07, 6.45) is 3.38. The first-order valence-corrected chi connectivity index (χ1v) is 7.84. The minimum atomic E-state index is 0.747. The van der Waals surface area contributed by atoms with Gasteiger partial charge in [0, 0.05) is 12.2 Å². The maximum atomic E-state index is 4.73. The Balaban J connectivity index is 1.51. The fraction of sp³-hybridized carbons (Fsp3) is 0.389. The smallest absolute Gasteiger partial charge is 0.126 e. The van der Waals surface area contributed by atoms with Gasteiger partial charge in [0.2, 0.25) is 0 Å². The normalized spacial score (nSPS) is 17.8. The van der Waals surface area contributed by atoms with Crippen LogP contribution in [0.3, 0.4) is 0 Å². The van der Waals surface area contributed by atoms with Gasteiger partial charge in [-0.15, -0.1) is 0 Å². The molecule has 1 atom stereocenters. The van der Waals surface area contributed by atoms with E-state index in [0.717, 1.165) is 44.2 Å². The van der Waals surface area contributed by atoms with Gasteiger partial charge in [0.15, 0.2) is 0 Å². The molecule has 1 saturated heterocycles. The number of hydrogen-bond acceptors (Lipinski definition) is 3. The van der Waals surface area contributed by atoms with Gasteiger partial charge in [0.1, 0.15) is 5.82 Å². The highest BCUT2D eigenvalue weighted by molar-refractivity contribution is 5.35. The number of hydrogen-bond donors (Lipinski definition) is 2. The van der Waals surface area contributed by atoms with Crippen molar-refractivity contribution in [3.63, 3.8) is 0 Å². The van der Waals surface area contributed by atoms with Gasteiger partial charge in [-0.05, 0) is 56.0 Å². The second-order valence-electron chi connectivity index (χ2n) is 5.74. The lowest BCUT2D eigenvalue weighted by Crippen LogP contribution is -2.12. The molecule has 3 nitrogen and oxygen atoms in total. The Bertz CT molecular complexity index is 547. The Morgan fingerprint density at radius 1 is 1.10 bits per heavy atom. The van der Waals surface area contributed by atoms with Gasteiger partial charge in [-0.3, -0.25) is 0 Å². The maximum Gasteiger partial charge on any atom is 0.126 e. The summed E-state index contributed by atoms with van der Waals surface area (Å²) in [5.74, 6) is 1.74. The van der Waals surface area contributed by atoms with Crippen LogP contribution in [0.15, 0.2) is 48.5 Å². The second-order valence-corrected chi connectivity index (χ2v) is 5.74. The van der Waals surface area contributed by atoms with Crippen molar-refractivity contribution in [3.8, 4) is 0 Å². The van der Waals surface area contributed by atoms with E-state index < -0.39 is 0 Å². The van der Waals surface area contributed by atoms with Crippen molar-refractivity contribution in [2.45, 2.75) is 19.3 Å². The van der Waals surface area contributed by atoms with Gasteiger partial charge in [0.05, 0.1) is 0 Å². The maximum absolute atomic E-state index is 4.73. The summed E-state index contributed by atoms with van der Waals surface area (Å²) in [5.41, 5.74) is 2.56. The van der Waals surface area contributed by atoms with E-state index in [1.54, 1.807) is 0 Å². The fourth-order valence-electron chi connectivity index (χ4n) is 2.86. The van der Waals surface area contributed by atoms with E-state index in [4.69, 9.17) is 4.98 Å². The van der Waals surface area contributed by atoms with Crippen molar-refractivity contribution >= 4 is 5.82 Å². The quantitative estimate of drug-likeness (QED) is 0.855. The largest absolute Gasteiger partial charge is 0.370 e. The zero-order valence-corrected chi connectivity index (χ0v) is 12.4. The van der Waals surface area contributed by atoms with Gasteiger partial charge in [-0.25, -0.2) is 4.98 Å². The lowest BCUT2D eigenvalue weighted by atomic mass is 10.0. The van der Waals surface area contributed by atoms with E-state index in [2.05, 4.69) is 59.2 Å². The van der Waals surface area contributed by atoms with Crippen LogP contribution >= 0.6 is 0 Å². The molecule has 110 valence electrons. The molecule has 0 aliphatic carbocycles. The number of pyridine rings is 1. The van der Waals surface area contributed by atoms with Gasteiger partial charge < -0.3 is 10.6 Å². The van der Waals surface area contributed by atoms with Crippen LogP contribution in [-0.4, -0.2) is 24.6 Å². The minimum absolute atomic E-state index is 0.747. The van der Waals surface area contributed by atoms with Crippen molar-refractivity contribution in [3.05, 3.63) is 59.8 Å². The Kier molecular flexibility index (Phi) is 4.85. The molecule has 2 aromatic rings. The molecule has 1 fully saturated rings. The molecule has 3 heteroatoms. The molecule has 0 unspecified atom stereocenters. The average Bonchev–Trinajstić information content (AvgIpc) is 3.02. The molecule has 0 amide bonds. The van der Waals surface area contributed by atoms with Gasteiger partial charge in [-0.2, -0.15) is 0 Å². The van der Waals surface area contributed by atoms with Crippen molar-refractivity contribution in [2.75, 3.05) is 25.0 Å². The van der Waals surface area contributed by atoms with Crippen LogP contribution in [0.5, 0.6) is 0 Å². The summed E-state index contributed by atoms with van der Waals surface area (Å²) in [4.78, 5) is 4.73. The van der Waals surface area contributed by atoms with Gasteiger partial charge in [0.25, 0.3) is 0 Å². The molecular formula is C18H23N3. The van der Waals surface area contributed by atoms with Gasteiger partial charge in [-0.1, -0.05) is 36.4 Å².